The van der Waals surface area contributed by atoms with E-state index in [2.05, 4.69) is 0 Å². The molecule has 5 nitrogen and oxygen atoms in total. The number of hydrogen-bond acceptors (Lipinski definition) is 4. The minimum Gasteiger partial charge on any atom is -0.397 e. The normalized spacial score (nSPS) is 10.1. The summed E-state index contributed by atoms with van der Waals surface area (Å²) in [6.45, 7) is -0.700. The quantitative estimate of drug-likeness (QED) is 0.435. The lowest BCUT2D eigenvalue weighted by atomic mass is 10.1. The summed E-state index contributed by atoms with van der Waals surface area (Å²) in [6, 6.07) is 2.58. The molecule has 76 valence electrons. The van der Waals surface area contributed by atoms with Crippen molar-refractivity contribution in [3.05, 3.63) is 27.8 Å². The summed E-state index contributed by atoms with van der Waals surface area (Å²) in [5.74, 6) is 0. The van der Waals surface area contributed by atoms with E-state index < -0.39 is 11.6 Å². The molecule has 0 bridgehead atoms. The van der Waals surface area contributed by atoms with Gasteiger partial charge in [0.05, 0.1) is 28.5 Å². The van der Waals surface area contributed by atoms with Gasteiger partial charge in [-0.25, -0.2) is 0 Å². The van der Waals surface area contributed by atoms with Crippen molar-refractivity contribution in [3.63, 3.8) is 0 Å². The van der Waals surface area contributed by atoms with E-state index >= 15 is 0 Å². The number of alkyl halides is 1. The lowest BCUT2D eigenvalue weighted by molar-refractivity contribution is -0.385. The standard InChI is InChI=1S/C8H10FN3O2/c9-4-3-5-7(12(13)14)2-1-6(10)8(5)11/h1-2H,3-4,10-11H2. The van der Waals surface area contributed by atoms with Crippen LogP contribution in [-0.4, -0.2) is 11.6 Å². The number of nitrogens with zero attached hydrogens (tertiary/aromatic N) is 1. The van der Waals surface area contributed by atoms with Gasteiger partial charge in [0, 0.05) is 12.5 Å². The summed E-state index contributed by atoms with van der Waals surface area (Å²) < 4.78 is 12.1. The van der Waals surface area contributed by atoms with Gasteiger partial charge < -0.3 is 11.5 Å². The van der Waals surface area contributed by atoms with Crippen molar-refractivity contribution >= 4 is 17.1 Å². The van der Waals surface area contributed by atoms with Crippen LogP contribution >= 0.6 is 0 Å². The van der Waals surface area contributed by atoms with Crippen molar-refractivity contribution in [1.29, 1.82) is 0 Å². The van der Waals surface area contributed by atoms with Gasteiger partial charge in [-0.1, -0.05) is 0 Å². The van der Waals surface area contributed by atoms with Crippen molar-refractivity contribution in [3.8, 4) is 0 Å². The number of hydrogen-bond donors (Lipinski definition) is 2. The molecule has 0 fully saturated rings. The first-order chi connectivity index (χ1) is 6.57. The molecule has 1 aromatic rings. The predicted octanol–water partition coefficient (Wildman–Crippen LogP) is 1.27. The van der Waals surface area contributed by atoms with E-state index in [0.717, 1.165) is 0 Å². The van der Waals surface area contributed by atoms with E-state index in [0.29, 0.717) is 0 Å². The highest BCUT2D eigenvalue weighted by Crippen LogP contribution is 2.29. The number of nitrogens with two attached hydrogens (primary N) is 2. The maximum atomic E-state index is 12.1. The van der Waals surface area contributed by atoms with Crippen LogP contribution in [0.4, 0.5) is 21.5 Å². The van der Waals surface area contributed by atoms with Gasteiger partial charge in [0.1, 0.15) is 0 Å². The molecule has 1 aromatic carbocycles. The number of rotatable bonds is 3. The van der Waals surface area contributed by atoms with Gasteiger partial charge in [-0.2, -0.15) is 0 Å². The number of nitro benzene ring substituents is 1. The molecule has 0 spiro atoms. The van der Waals surface area contributed by atoms with E-state index in [1.54, 1.807) is 0 Å². The highest BCUT2D eigenvalue weighted by atomic mass is 19.1. The Hall–Kier alpha value is -1.85. The lowest BCUT2D eigenvalue weighted by Gasteiger charge is -2.06. The highest BCUT2D eigenvalue weighted by molar-refractivity contribution is 5.72. The number of nitrogen functional groups attached to an aromatic ring is 2. The first kappa shape index (κ1) is 10.2. The molecule has 0 heterocycles. The van der Waals surface area contributed by atoms with Crippen LogP contribution in [0.1, 0.15) is 5.56 Å². The van der Waals surface area contributed by atoms with Crippen LogP contribution in [0, 0.1) is 10.1 Å². The first-order valence-corrected chi connectivity index (χ1v) is 3.95. The van der Waals surface area contributed by atoms with E-state index in [1.807, 2.05) is 0 Å². The molecule has 0 aliphatic heterocycles. The zero-order valence-corrected chi connectivity index (χ0v) is 7.37. The Morgan fingerprint density at radius 1 is 1.43 bits per heavy atom. The molecule has 0 aliphatic rings. The highest BCUT2D eigenvalue weighted by Gasteiger charge is 2.17. The maximum Gasteiger partial charge on any atom is 0.274 e. The molecular formula is C8H10FN3O2. The molecule has 14 heavy (non-hydrogen) atoms. The van der Waals surface area contributed by atoms with Gasteiger partial charge in [-0.05, 0) is 6.07 Å². The smallest absolute Gasteiger partial charge is 0.274 e. The Labute approximate surface area is 79.7 Å². The monoisotopic (exact) mass is 199 g/mol. The third-order valence-corrected chi connectivity index (χ3v) is 1.91. The molecule has 0 saturated carbocycles. The van der Waals surface area contributed by atoms with Crippen LogP contribution in [0.15, 0.2) is 12.1 Å². The topological polar surface area (TPSA) is 95.2 Å². The summed E-state index contributed by atoms with van der Waals surface area (Å²) in [7, 11) is 0. The van der Waals surface area contributed by atoms with Crippen molar-refractivity contribution in [2.75, 3.05) is 18.1 Å². The average Bonchev–Trinajstić information content (AvgIpc) is 2.13. The Bertz CT molecular complexity index is 368. The summed E-state index contributed by atoms with van der Waals surface area (Å²) in [6.07, 6.45) is -0.0901. The van der Waals surface area contributed by atoms with Crippen LogP contribution in [-0.2, 0) is 6.42 Å². The predicted molar refractivity (Wildman–Crippen MR) is 51.6 cm³/mol. The van der Waals surface area contributed by atoms with Crippen LogP contribution < -0.4 is 11.5 Å². The summed E-state index contributed by atoms with van der Waals surface area (Å²) in [5, 5.41) is 10.5. The van der Waals surface area contributed by atoms with Crippen LogP contribution in [0.25, 0.3) is 0 Å². The Morgan fingerprint density at radius 3 is 2.57 bits per heavy atom. The molecule has 6 heteroatoms. The van der Waals surface area contributed by atoms with Gasteiger partial charge in [0.15, 0.2) is 0 Å². The molecule has 0 amide bonds. The fraction of sp³-hybridized carbons (Fsp3) is 0.250. The zero-order chi connectivity index (χ0) is 10.7. The molecule has 0 atom stereocenters. The number of halogens is 1. The van der Waals surface area contributed by atoms with Gasteiger partial charge >= 0.3 is 0 Å². The Morgan fingerprint density at radius 2 is 2.07 bits per heavy atom. The van der Waals surface area contributed by atoms with Crippen molar-refractivity contribution in [2.24, 2.45) is 0 Å². The van der Waals surface area contributed by atoms with Crippen LogP contribution in [0.2, 0.25) is 0 Å². The maximum absolute atomic E-state index is 12.1. The number of anilines is 2. The average molecular weight is 199 g/mol. The summed E-state index contributed by atoms with van der Waals surface area (Å²) in [5.41, 5.74) is 11.3. The molecule has 4 N–H and O–H groups in total. The molecule has 0 radical (unpaired) electrons. The molecule has 0 unspecified atom stereocenters. The molecule has 0 saturated heterocycles. The second kappa shape index (κ2) is 3.91. The molecule has 1 rings (SSSR count). The van der Waals surface area contributed by atoms with E-state index in [4.69, 9.17) is 11.5 Å². The van der Waals surface area contributed by atoms with Gasteiger partial charge in [0.2, 0.25) is 0 Å². The Balaban J connectivity index is 3.29. The third-order valence-electron chi connectivity index (χ3n) is 1.91. The fourth-order valence-electron chi connectivity index (χ4n) is 1.20. The van der Waals surface area contributed by atoms with Gasteiger partial charge in [0.25, 0.3) is 5.69 Å². The van der Waals surface area contributed by atoms with Crippen LogP contribution in [0.5, 0.6) is 0 Å². The third kappa shape index (κ3) is 1.73. The zero-order valence-electron chi connectivity index (χ0n) is 7.37. The largest absolute Gasteiger partial charge is 0.397 e. The van der Waals surface area contributed by atoms with Crippen LogP contribution in [0.3, 0.4) is 0 Å². The summed E-state index contributed by atoms with van der Waals surface area (Å²) >= 11 is 0. The molecular weight excluding hydrogens is 189 g/mol. The number of benzene rings is 1. The van der Waals surface area contributed by atoms with Crippen molar-refractivity contribution in [2.45, 2.75) is 6.42 Å². The number of nitro groups is 1. The molecule has 0 aliphatic carbocycles. The minimum atomic E-state index is -0.700. The van der Waals surface area contributed by atoms with Crippen molar-refractivity contribution in [1.82, 2.24) is 0 Å². The molecule has 0 aromatic heterocycles. The SMILES string of the molecule is Nc1ccc([N+](=O)[O-])c(CCF)c1N. The van der Waals surface area contributed by atoms with Gasteiger partial charge in [-0.15, -0.1) is 0 Å². The van der Waals surface area contributed by atoms with E-state index in [1.165, 1.54) is 12.1 Å². The second-order valence-corrected chi connectivity index (χ2v) is 2.76. The van der Waals surface area contributed by atoms with Crippen molar-refractivity contribution < 1.29 is 9.31 Å². The fourth-order valence-corrected chi connectivity index (χ4v) is 1.20. The van der Waals surface area contributed by atoms with Gasteiger partial charge in [-0.3, -0.25) is 14.5 Å². The second-order valence-electron chi connectivity index (χ2n) is 2.76. The van der Waals surface area contributed by atoms with E-state index in [9.17, 15) is 14.5 Å². The first-order valence-electron chi connectivity index (χ1n) is 3.95. The lowest BCUT2D eigenvalue weighted by Crippen LogP contribution is -2.04. The minimum absolute atomic E-state index is 0.0901. The summed E-state index contributed by atoms with van der Waals surface area (Å²) in [4.78, 5) is 9.95. The van der Waals surface area contributed by atoms with E-state index in [-0.39, 0.29) is 29.0 Å². The Kier molecular flexibility index (Phi) is 2.85.